The van der Waals surface area contributed by atoms with E-state index >= 15 is 0 Å². The average molecular weight is 435 g/mol. The minimum absolute atomic E-state index is 0.0631. The van der Waals surface area contributed by atoms with Crippen molar-refractivity contribution in [3.05, 3.63) is 89.5 Å². The minimum atomic E-state index is -0.212. The molecule has 2 aromatic heterocycles. The molecule has 2 aromatic carbocycles. The molecular formula is C24H23FN4OS. The van der Waals surface area contributed by atoms with Crippen LogP contribution in [0.25, 0.3) is 11.0 Å². The van der Waals surface area contributed by atoms with Crippen LogP contribution in [0.1, 0.15) is 34.8 Å². The van der Waals surface area contributed by atoms with E-state index in [1.54, 1.807) is 24.5 Å². The second-order valence-corrected chi connectivity index (χ2v) is 8.12. The van der Waals surface area contributed by atoms with Crippen LogP contribution in [-0.2, 0) is 12.3 Å². The molecule has 0 spiro atoms. The van der Waals surface area contributed by atoms with Gasteiger partial charge >= 0.3 is 0 Å². The van der Waals surface area contributed by atoms with Gasteiger partial charge in [0.25, 0.3) is 5.91 Å². The molecule has 2 heterocycles. The monoisotopic (exact) mass is 434 g/mol. The summed E-state index contributed by atoms with van der Waals surface area (Å²) in [6.45, 7) is 3.27. The van der Waals surface area contributed by atoms with Gasteiger partial charge in [-0.15, -0.1) is 0 Å². The first-order valence-corrected chi connectivity index (χ1v) is 11.2. The number of hydrogen-bond donors (Lipinski definition) is 1. The van der Waals surface area contributed by atoms with Crippen LogP contribution in [0, 0.1) is 5.82 Å². The number of pyridine rings is 1. The van der Waals surface area contributed by atoms with Gasteiger partial charge in [-0.3, -0.25) is 9.78 Å². The van der Waals surface area contributed by atoms with Gasteiger partial charge in [-0.05, 0) is 41.8 Å². The number of nitrogens with zero attached hydrogens (tertiary/aromatic N) is 3. The molecule has 7 heteroatoms. The number of imidazole rings is 1. The molecule has 5 nitrogen and oxygen atoms in total. The van der Waals surface area contributed by atoms with Gasteiger partial charge in [0, 0.05) is 24.1 Å². The largest absolute Gasteiger partial charge is 0.352 e. The molecule has 0 saturated carbocycles. The van der Waals surface area contributed by atoms with Crippen LogP contribution >= 0.6 is 11.8 Å². The van der Waals surface area contributed by atoms with Crippen LogP contribution in [-0.4, -0.2) is 27.0 Å². The van der Waals surface area contributed by atoms with Crippen molar-refractivity contribution >= 4 is 28.7 Å². The van der Waals surface area contributed by atoms with Gasteiger partial charge in [-0.25, -0.2) is 9.37 Å². The summed E-state index contributed by atoms with van der Waals surface area (Å²) in [5, 5.41) is 3.69. The van der Waals surface area contributed by atoms with Crippen LogP contribution in [0.15, 0.2) is 72.1 Å². The lowest BCUT2D eigenvalue weighted by Gasteiger charge is -2.10. The van der Waals surface area contributed by atoms with Crippen molar-refractivity contribution in [2.75, 3.05) is 6.54 Å². The lowest BCUT2D eigenvalue weighted by Crippen LogP contribution is -2.23. The molecule has 0 fully saturated rings. The average Bonchev–Trinajstić information content (AvgIpc) is 3.14. The van der Waals surface area contributed by atoms with Crippen LogP contribution < -0.4 is 5.32 Å². The zero-order valence-electron chi connectivity index (χ0n) is 17.2. The number of benzene rings is 2. The van der Waals surface area contributed by atoms with Gasteiger partial charge < -0.3 is 9.88 Å². The fourth-order valence-electron chi connectivity index (χ4n) is 3.25. The molecule has 0 aliphatic heterocycles. The quantitative estimate of drug-likeness (QED) is 0.394. The Bertz CT molecular complexity index is 1190. The summed E-state index contributed by atoms with van der Waals surface area (Å²) in [6.07, 6.45) is 4.41. The standard InChI is InChI=1S/C24H23FN4OS/c1-2-12-27-23(30)18-9-7-17(8-10-18)15-29-22-14-26-13-11-21(22)28-24(29)31-16-19-5-3-4-6-20(19)25/h3-11,13-14H,2,12,15-16H2,1H3,(H,27,30). The Morgan fingerprint density at radius 1 is 1.13 bits per heavy atom. The van der Waals surface area contributed by atoms with Crippen molar-refractivity contribution in [2.45, 2.75) is 30.8 Å². The number of carbonyl (C=O) groups excluding carboxylic acids is 1. The Labute approximate surface area is 184 Å². The highest BCUT2D eigenvalue weighted by Gasteiger charge is 2.14. The van der Waals surface area contributed by atoms with Crippen molar-refractivity contribution in [1.29, 1.82) is 0 Å². The molecule has 0 saturated heterocycles. The van der Waals surface area contributed by atoms with Gasteiger partial charge in [-0.1, -0.05) is 49.0 Å². The Kier molecular flexibility index (Phi) is 6.62. The second-order valence-electron chi connectivity index (χ2n) is 7.18. The lowest BCUT2D eigenvalue weighted by atomic mass is 10.1. The molecule has 0 bridgehead atoms. The van der Waals surface area contributed by atoms with Crippen molar-refractivity contribution in [2.24, 2.45) is 0 Å². The number of thioether (sulfide) groups is 1. The third kappa shape index (κ3) is 4.94. The van der Waals surface area contributed by atoms with Crippen LogP contribution in [0.4, 0.5) is 4.39 Å². The molecule has 0 aliphatic carbocycles. The highest BCUT2D eigenvalue weighted by atomic mass is 32.2. The van der Waals surface area contributed by atoms with Gasteiger partial charge in [-0.2, -0.15) is 0 Å². The normalized spacial score (nSPS) is 11.0. The maximum atomic E-state index is 14.0. The minimum Gasteiger partial charge on any atom is -0.352 e. The molecule has 0 unspecified atom stereocenters. The Morgan fingerprint density at radius 2 is 1.94 bits per heavy atom. The maximum absolute atomic E-state index is 14.0. The number of hydrogen-bond acceptors (Lipinski definition) is 4. The van der Waals surface area contributed by atoms with Crippen molar-refractivity contribution in [1.82, 2.24) is 19.9 Å². The first-order valence-electron chi connectivity index (χ1n) is 10.2. The van der Waals surface area contributed by atoms with Crippen LogP contribution in [0.5, 0.6) is 0 Å². The van der Waals surface area contributed by atoms with Crippen LogP contribution in [0.3, 0.4) is 0 Å². The first kappa shape index (κ1) is 21.1. The SMILES string of the molecule is CCCNC(=O)c1ccc(Cn2c(SCc3ccccc3F)nc3ccncc32)cc1. The van der Waals surface area contributed by atoms with Crippen LogP contribution in [0.2, 0.25) is 0 Å². The Morgan fingerprint density at radius 3 is 2.71 bits per heavy atom. The predicted octanol–water partition coefficient (Wildman–Crippen LogP) is 5.05. The molecule has 4 aromatic rings. The molecule has 0 atom stereocenters. The molecule has 0 radical (unpaired) electrons. The Hall–Kier alpha value is -3.19. The van der Waals surface area contributed by atoms with E-state index in [0.717, 1.165) is 28.2 Å². The molecular weight excluding hydrogens is 411 g/mol. The van der Waals surface area contributed by atoms with Crippen molar-refractivity contribution in [3.63, 3.8) is 0 Å². The van der Waals surface area contributed by atoms with E-state index in [0.29, 0.717) is 30.0 Å². The third-order valence-electron chi connectivity index (χ3n) is 4.92. The highest BCUT2D eigenvalue weighted by molar-refractivity contribution is 7.98. The summed E-state index contributed by atoms with van der Waals surface area (Å²) >= 11 is 1.50. The summed E-state index contributed by atoms with van der Waals surface area (Å²) in [4.78, 5) is 21.1. The Balaban J connectivity index is 1.57. The van der Waals surface area contributed by atoms with E-state index in [1.807, 2.05) is 43.3 Å². The number of nitrogens with one attached hydrogen (secondary N) is 1. The van der Waals surface area contributed by atoms with Gasteiger partial charge in [0.1, 0.15) is 5.82 Å². The van der Waals surface area contributed by atoms with E-state index in [-0.39, 0.29) is 11.7 Å². The fraction of sp³-hybridized carbons (Fsp3) is 0.208. The number of carbonyl (C=O) groups is 1. The number of amides is 1. The smallest absolute Gasteiger partial charge is 0.251 e. The number of rotatable bonds is 8. The number of aromatic nitrogens is 3. The summed E-state index contributed by atoms with van der Waals surface area (Å²) in [5.74, 6) is 0.211. The van der Waals surface area contributed by atoms with Gasteiger partial charge in [0.05, 0.1) is 23.8 Å². The van der Waals surface area contributed by atoms with E-state index in [9.17, 15) is 9.18 Å². The lowest BCUT2D eigenvalue weighted by molar-refractivity contribution is 0.0953. The predicted molar refractivity (Wildman–Crippen MR) is 122 cm³/mol. The third-order valence-corrected chi connectivity index (χ3v) is 5.95. The summed E-state index contributed by atoms with van der Waals surface area (Å²) in [5.41, 5.74) is 4.10. The van der Waals surface area contributed by atoms with Gasteiger partial charge in [0.2, 0.25) is 0 Å². The topological polar surface area (TPSA) is 59.8 Å². The molecule has 31 heavy (non-hydrogen) atoms. The molecule has 1 N–H and O–H groups in total. The zero-order chi connectivity index (χ0) is 21.6. The van der Waals surface area contributed by atoms with Crippen molar-refractivity contribution < 1.29 is 9.18 Å². The number of fused-ring (bicyclic) bond motifs is 1. The molecule has 1 amide bonds. The fourth-order valence-corrected chi connectivity index (χ4v) is 4.25. The molecule has 4 rings (SSSR count). The molecule has 158 valence electrons. The maximum Gasteiger partial charge on any atom is 0.251 e. The first-order chi connectivity index (χ1) is 15.2. The summed E-state index contributed by atoms with van der Waals surface area (Å²) < 4.78 is 16.1. The van der Waals surface area contributed by atoms with Crippen molar-refractivity contribution in [3.8, 4) is 0 Å². The van der Waals surface area contributed by atoms with E-state index < -0.39 is 0 Å². The summed E-state index contributed by atoms with van der Waals surface area (Å²) in [6, 6.07) is 16.2. The summed E-state index contributed by atoms with van der Waals surface area (Å²) in [7, 11) is 0. The molecule has 0 aliphatic rings. The van der Waals surface area contributed by atoms with E-state index in [1.165, 1.54) is 17.8 Å². The second kappa shape index (κ2) is 9.75. The number of halogens is 1. The highest BCUT2D eigenvalue weighted by Crippen LogP contribution is 2.28. The van der Waals surface area contributed by atoms with E-state index in [4.69, 9.17) is 4.98 Å². The zero-order valence-corrected chi connectivity index (χ0v) is 18.0. The van der Waals surface area contributed by atoms with E-state index in [2.05, 4.69) is 14.9 Å². The van der Waals surface area contributed by atoms with Gasteiger partial charge in [0.15, 0.2) is 5.16 Å².